The molecule has 0 bridgehead atoms. The first-order chi connectivity index (χ1) is 11.2. The third kappa shape index (κ3) is 4.28. The SMILES string of the molecule is CON(C)S(=O)(=O)c1ccc(NC(=O)Cc2sc(=S)[nH]c2C)cc1. The maximum atomic E-state index is 12.1. The number of aryl methyl sites for hydroxylation is 1. The molecule has 1 heterocycles. The van der Waals surface area contributed by atoms with Gasteiger partial charge >= 0.3 is 0 Å². The van der Waals surface area contributed by atoms with Gasteiger partial charge in [-0.1, -0.05) is 4.47 Å². The maximum absolute atomic E-state index is 12.1. The number of nitrogens with one attached hydrogen (secondary N) is 2. The molecule has 2 aromatic rings. The van der Waals surface area contributed by atoms with Crippen molar-refractivity contribution >= 4 is 45.2 Å². The van der Waals surface area contributed by atoms with Gasteiger partial charge in [0.05, 0.1) is 18.4 Å². The highest BCUT2D eigenvalue weighted by atomic mass is 32.2. The van der Waals surface area contributed by atoms with Gasteiger partial charge in [-0.2, -0.15) is 0 Å². The van der Waals surface area contributed by atoms with Crippen molar-refractivity contribution in [3.63, 3.8) is 0 Å². The van der Waals surface area contributed by atoms with E-state index < -0.39 is 10.0 Å². The molecule has 0 aliphatic carbocycles. The number of hydrogen-bond acceptors (Lipinski definition) is 6. The summed E-state index contributed by atoms with van der Waals surface area (Å²) in [7, 11) is -1.13. The van der Waals surface area contributed by atoms with Crippen LogP contribution in [0, 0.1) is 10.9 Å². The number of amides is 1. The highest BCUT2D eigenvalue weighted by molar-refractivity contribution is 7.89. The Morgan fingerprint density at radius 3 is 2.50 bits per heavy atom. The molecule has 0 saturated carbocycles. The standard InChI is InChI=1S/C14H17N3O4S3/c1-9-12(23-14(22)15-9)8-13(18)16-10-4-6-11(7-5-10)24(19,20)17(2)21-3/h4-7H,8H2,1-3H3,(H,15,22)(H,16,18). The van der Waals surface area contributed by atoms with Crippen molar-refractivity contribution in [2.45, 2.75) is 18.2 Å². The normalized spacial score (nSPS) is 11.7. The number of anilines is 1. The van der Waals surface area contributed by atoms with Crippen molar-refractivity contribution in [3.8, 4) is 0 Å². The second-order valence-electron chi connectivity index (χ2n) is 4.91. The molecule has 0 radical (unpaired) electrons. The molecule has 10 heteroatoms. The van der Waals surface area contributed by atoms with Gasteiger partial charge in [0.2, 0.25) is 5.91 Å². The molecular formula is C14H17N3O4S3. The predicted octanol–water partition coefficient (Wildman–Crippen LogP) is 2.48. The Balaban J connectivity index is 2.07. The smallest absolute Gasteiger partial charge is 0.264 e. The van der Waals surface area contributed by atoms with Gasteiger partial charge in [0.15, 0.2) is 3.95 Å². The van der Waals surface area contributed by atoms with E-state index in [-0.39, 0.29) is 17.2 Å². The largest absolute Gasteiger partial charge is 0.341 e. The third-order valence-corrected chi connectivity index (χ3v) is 6.31. The molecule has 130 valence electrons. The molecule has 7 nitrogen and oxygen atoms in total. The van der Waals surface area contributed by atoms with E-state index in [4.69, 9.17) is 17.1 Å². The molecule has 0 saturated heterocycles. The Labute approximate surface area is 149 Å². The Morgan fingerprint density at radius 1 is 1.38 bits per heavy atom. The fourth-order valence-electron chi connectivity index (χ4n) is 1.91. The molecule has 2 rings (SSSR count). The lowest BCUT2D eigenvalue weighted by molar-refractivity contribution is -0.115. The lowest BCUT2D eigenvalue weighted by Crippen LogP contribution is -2.25. The molecule has 1 amide bonds. The molecule has 1 aromatic heterocycles. The van der Waals surface area contributed by atoms with Crippen LogP contribution in [0.25, 0.3) is 0 Å². The number of hydrogen-bond donors (Lipinski definition) is 2. The molecule has 0 aliphatic heterocycles. The van der Waals surface area contributed by atoms with Gasteiger partial charge in [0.25, 0.3) is 10.0 Å². The number of sulfonamides is 1. The van der Waals surface area contributed by atoms with Crippen molar-refractivity contribution in [3.05, 3.63) is 38.8 Å². The quantitative estimate of drug-likeness (QED) is 0.587. The number of benzene rings is 1. The minimum Gasteiger partial charge on any atom is -0.341 e. The molecular weight excluding hydrogens is 370 g/mol. The maximum Gasteiger partial charge on any atom is 0.264 e. The third-order valence-electron chi connectivity index (χ3n) is 3.28. The average molecular weight is 388 g/mol. The van der Waals surface area contributed by atoms with E-state index in [1.54, 1.807) is 0 Å². The minimum absolute atomic E-state index is 0.0734. The summed E-state index contributed by atoms with van der Waals surface area (Å²) in [5.41, 5.74) is 1.39. The molecule has 0 fully saturated rings. The molecule has 0 aliphatic rings. The first-order valence-corrected chi connectivity index (χ1v) is 9.52. The number of H-pyrrole nitrogens is 1. The highest BCUT2D eigenvalue weighted by Crippen LogP contribution is 2.19. The van der Waals surface area contributed by atoms with E-state index in [1.165, 1.54) is 49.8 Å². The summed E-state index contributed by atoms with van der Waals surface area (Å²) in [4.78, 5) is 20.7. The minimum atomic E-state index is -3.70. The summed E-state index contributed by atoms with van der Waals surface area (Å²) >= 11 is 6.41. The number of nitrogens with zero attached hydrogens (tertiary/aromatic N) is 1. The fourth-order valence-corrected chi connectivity index (χ4v) is 4.18. The van der Waals surface area contributed by atoms with Crippen LogP contribution in [0.2, 0.25) is 0 Å². The first-order valence-electron chi connectivity index (χ1n) is 6.85. The fraction of sp³-hybridized carbons (Fsp3) is 0.286. The summed E-state index contributed by atoms with van der Waals surface area (Å²) < 4.78 is 25.6. The molecule has 0 unspecified atom stereocenters. The van der Waals surface area contributed by atoms with Crippen LogP contribution < -0.4 is 5.32 Å². The molecule has 0 atom stereocenters. The number of aromatic amines is 1. The number of carbonyl (C=O) groups excluding carboxylic acids is 1. The van der Waals surface area contributed by atoms with Crippen LogP contribution >= 0.6 is 23.6 Å². The van der Waals surface area contributed by atoms with Crippen molar-refractivity contribution in [1.29, 1.82) is 0 Å². The number of hydroxylamine groups is 1. The Morgan fingerprint density at radius 2 is 2.00 bits per heavy atom. The molecule has 24 heavy (non-hydrogen) atoms. The van der Waals surface area contributed by atoms with Gasteiger partial charge in [-0.05, 0) is 43.4 Å². The van der Waals surface area contributed by atoms with Crippen LogP contribution in [0.4, 0.5) is 5.69 Å². The highest BCUT2D eigenvalue weighted by Gasteiger charge is 2.20. The number of aromatic nitrogens is 1. The summed E-state index contributed by atoms with van der Waals surface area (Å²) in [6.07, 6.45) is 0.204. The van der Waals surface area contributed by atoms with Crippen molar-refractivity contribution < 1.29 is 18.0 Å². The van der Waals surface area contributed by atoms with Gasteiger partial charge in [0.1, 0.15) is 0 Å². The van der Waals surface area contributed by atoms with Crippen molar-refractivity contribution in [1.82, 2.24) is 9.45 Å². The van der Waals surface area contributed by atoms with E-state index >= 15 is 0 Å². The summed E-state index contributed by atoms with van der Waals surface area (Å²) in [6.45, 7) is 1.86. The van der Waals surface area contributed by atoms with Crippen LogP contribution in [0.1, 0.15) is 10.6 Å². The van der Waals surface area contributed by atoms with E-state index in [0.29, 0.717) is 9.64 Å². The monoisotopic (exact) mass is 387 g/mol. The average Bonchev–Trinajstić information content (AvgIpc) is 2.84. The van der Waals surface area contributed by atoms with Gasteiger partial charge in [-0.3, -0.25) is 9.63 Å². The topological polar surface area (TPSA) is 91.5 Å². The summed E-state index contributed by atoms with van der Waals surface area (Å²) in [5.74, 6) is -0.201. The second kappa shape index (κ2) is 7.53. The van der Waals surface area contributed by atoms with E-state index in [1.807, 2.05) is 6.92 Å². The van der Waals surface area contributed by atoms with Gasteiger partial charge in [0, 0.05) is 23.3 Å². The van der Waals surface area contributed by atoms with Crippen LogP contribution in [-0.4, -0.2) is 37.9 Å². The van der Waals surface area contributed by atoms with Gasteiger partial charge in [-0.15, -0.1) is 11.3 Å². The summed E-state index contributed by atoms with van der Waals surface area (Å²) in [5, 5.41) is 2.73. The van der Waals surface area contributed by atoms with E-state index in [9.17, 15) is 13.2 Å². The lowest BCUT2D eigenvalue weighted by atomic mass is 10.2. The Kier molecular flexibility index (Phi) is 5.88. The molecule has 0 spiro atoms. The first kappa shape index (κ1) is 18.7. The molecule has 1 aromatic carbocycles. The predicted molar refractivity (Wildman–Crippen MR) is 95.0 cm³/mol. The number of thiazole rings is 1. The molecule has 2 N–H and O–H groups in total. The van der Waals surface area contributed by atoms with Crippen molar-refractivity contribution in [2.24, 2.45) is 0 Å². The zero-order valence-corrected chi connectivity index (χ0v) is 15.8. The Bertz CT molecular complexity index is 885. The van der Waals surface area contributed by atoms with Crippen LogP contribution in [0.5, 0.6) is 0 Å². The van der Waals surface area contributed by atoms with Gasteiger partial charge in [-0.25, -0.2) is 8.42 Å². The van der Waals surface area contributed by atoms with E-state index in [2.05, 4.69) is 10.3 Å². The van der Waals surface area contributed by atoms with Crippen LogP contribution in [-0.2, 0) is 26.1 Å². The van der Waals surface area contributed by atoms with Crippen molar-refractivity contribution in [2.75, 3.05) is 19.5 Å². The Hall–Kier alpha value is -1.59. The summed E-state index contributed by atoms with van der Waals surface area (Å²) in [6, 6.07) is 5.87. The zero-order chi connectivity index (χ0) is 17.9. The van der Waals surface area contributed by atoms with Gasteiger partial charge < -0.3 is 10.3 Å². The number of rotatable bonds is 6. The zero-order valence-electron chi connectivity index (χ0n) is 13.3. The van der Waals surface area contributed by atoms with E-state index in [0.717, 1.165) is 15.0 Å². The second-order valence-corrected chi connectivity index (χ2v) is 8.62. The van der Waals surface area contributed by atoms with Crippen LogP contribution in [0.3, 0.4) is 0 Å². The van der Waals surface area contributed by atoms with Crippen LogP contribution in [0.15, 0.2) is 29.2 Å². The number of carbonyl (C=O) groups is 1. The lowest BCUT2D eigenvalue weighted by Gasteiger charge is -2.14.